The van der Waals surface area contributed by atoms with Gasteiger partial charge in [0.25, 0.3) is 0 Å². The minimum atomic E-state index is -0.106. The molecule has 2 saturated heterocycles. The molecule has 0 unspecified atom stereocenters. The van der Waals surface area contributed by atoms with Crippen molar-refractivity contribution in [2.24, 2.45) is 5.92 Å². The molecule has 3 fully saturated rings. The SMILES string of the molecule is CC(C)(C)c1ccnc(N[C@H]2CO[C@H]3[C@@H]2OC[C@@H]3NC(=O)C2CC2)n1. The van der Waals surface area contributed by atoms with Crippen LogP contribution >= 0.6 is 0 Å². The second-order valence-electron chi connectivity index (χ2n) is 8.25. The average Bonchev–Trinajstić information content (AvgIpc) is 3.24. The molecule has 1 amide bonds. The Bertz CT molecular complexity index is 656. The highest BCUT2D eigenvalue weighted by molar-refractivity contribution is 5.81. The van der Waals surface area contributed by atoms with Crippen molar-refractivity contribution < 1.29 is 14.3 Å². The number of carbonyl (C=O) groups excluding carboxylic acids is 1. The molecule has 25 heavy (non-hydrogen) atoms. The van der Waals surface area contributed by atoms with Crippen molar-refractivity contribution in [3.63, 3.8) is 0 Å². The number of nitrogens with zero attached hydrogens (tertiary/aromatic N) is 2. The van der Waals surface area contributed by atoms with E-state index in [0.29, 0.717) is 19.2 Å². The van der Waals surface area contributed by atoms with Gasteiger partial charge in [0.2, 0.25) is 11.9 Å². The van der Waals surface area contributed by atoms with Gasteiger partial charge in [-0.3, -0.25) is 4.79 Å². The van der Waals surface area contributed by atoms with Gasteiger partial charge in [0.05, 0.1) is 31.0 Å². The second-order valence-corrected chi connectivity index (χ2v) is 8.25. The van der Waals surface area contributed by atoms with Crippen molar-refractivity contribution in [3.8, 4) is 0 Å². The second kappa shape index (κ2) is 6.21. The molecule has 0 radical (unpaired) electrons. The van der Waals surface area contributed by atoms with E-state index >= 15 is 0 Å². The molecular weight excluding hydrogens is 320 g/mol. The summed E-state index contributed by atoms with van der Waals surface area (Å²) in [4.78, 5) is 20.9. The first-order valence-electron chi connectivity index (χ1n) is 9.05. The number of hydrogen-bond donors (Lipinski definition) is 2. The summed E-state index contributed by atoms with van der Waals surface area (Å²) in [5, 5.41) is 6.43. The molecule has 1 aliphatic carbocycles. The van der Waals surface area contributed by atoms with Crippen LogP contribution in [0.1, 0.15) is 39.3 Å². The molecule has 2 aliphatic heterocycles. The number of nitrogens with one attached hydrogen (secondary N) is 2. The van der Waals surface area contributed by atoms with Crippen LogP contribution in [-0.2, 0) is 19.7 Å². The van der Waals surface area contributed by atoms with Crippen LogP contribution in [0.2, 0.25) is 0 Å². The van der Waals surface area contributed by atoms with E-state index in [2.05, 4.69) is 41.4 Å². The van der Waals surface area contributed by atoms with Crippen molar-refractivity contribution >= 4 is 11.9 Å². The predicted octanol–water partition coefficient (Wildman–Crippen LogP) is 1.25. The van der Waals surface area contributed by atoms with E-state index in [1.807, 2.05) is 6.07 Å². The molecule has 1 aromatic rings. The van der Waals surface area contributed by atoms with E-state index in [1.54, 1.807) is 6.20 Å². The summed E-state index contributed by atoms with van der Waals surface area (Å²) in [6.45, 7) is 7.40. The summed E-state index contributed by atoms with van der Waals surface area (Å²) in [5.74, 6) is 0.925. The lowest BCUT2D eigenvalue weighted by Gasteiger charge is -2.21. The van der Waals surface area contributed by atoms with Gasteiger partial charge >= 0.3 is 0 Å². The number of ether oxygens (including phenoxy) is 2. The number of fused-ring (bicyclic) bond motifs is 1. The van der Waals surface area contributed by atoms with Crippen LogP contribution in [0, 0.1) is 5.92 Å². The smallest absolute Gasteiger partial charge is 0.223 e. The molecule has 7 heteroatoms. The van der Waals surface area contributed by atoms with E-state index in [1.165, 1.54) is 0 Å². The summed E-state index contributed by atoms with van der Waals surface area (Å²) in [6, 6.07) is 1.86. The Morgan fingerprint density at radius 2 is 1.84 bits per heavy atom. The fraction of sp³-hybridized carbons (Fsp3) is 0.722. The number of carbonyl (C=O) groups is 1. The predicted molar refractivity (Wildman–Crippen MR) is 92.3 cm³/mol. The normalized spacial score (nSPS) is 31.6. The van der Waals surface area contributed by atoms with Gasteiger partial charge in [-0.15, -0.1) is 0 Å². The maximum atomic E-state index is 12.0. The zero-order valence-electron chi connectivity index (χ0n) is 15.0. The molecule has 3 heterocycles. The number of hydrogen-bond acceptors (Lipinski definition) is 6. The Balaban J connectivity index is 1.39. The van der Waals surface area contributed by atoms with Gasteiger partial charge in [-0.2, -0.15) is 0 Å². The molecule has 2 N–H and O–H groups in total. The summed E-state index contributed by atoms with van der Waals surface area (Å²) in [6.07, 6.45) is 3.58. The Morgan fingerprint density at radius 1 is 1.16 bits per heavy atom. The lowest BCUT2D eigenvalue weighted by Crippen LogP contribution is -2.45. The Kier molecular flexibility index (Phi) is 4.16. The van der Waals surface area contributed by atoms with Crippen molar-refractivity contribution in [3.05, 3.63) is 18.0 Å². The molecule has 0 aromatic carbocycles. The van der Waals surface area contributed by atoms with E-state index < -0.39 is 0 Å². The average molecular weight is 346 g/mol. The fourth-order valence-corrected chi connectivity index (χ4v) is 3.40. The molecule has 136 valence electrons. The van der Waals surface area contributed by atoms with Gasteiger partial charge in [-0.25, -0.2) is 9.97 Å². The standard InChI is InChI=1S/C18H26N4O3/c1-18(2,3)13-6-7-19-17(22-13)21-12-9-25-14-11(8-24-15(12)14)20-16(23)10-4-5-10/h6-7,10-12,14-15H,4-5,8-9H2,1-3H3,(H,20,23)(H,19,21,22)/t11-,12-,14+,15+/m0/s1. The van der Waals surface area contributed by atoms with Gasteiger partial charge in [0.1, 0.15) is 12.2 Å². The van der Waals surface area contributed by atoms with Crippen molar-refractivity contribution in [2.75, 3.05) is 18.5 Å². The molecular formula is C18H26N4O3. The Hall–Kier alpha value is -1.73. The number of anilines is 1. The zero-order valence-corrected chi connectivity index (χ0v) is 15.0. The lowest BCUT2D eigenvalue weighted by atomic mass is 9.92. The van der Waals surface area contributed by atoms with E-state index in [-0.39, 0.29) is 41.5 Å². The molecule has 0 bridgehead atoms. The first kappa shape index (κ1) is 16.7. The summed E-state index contributed by atoms with van der Waals surface area (Å²) in [7, 11) is 0. The summed E-state index contributed by atoms with van der Waals surface area (Å²) < 4.78 is 11.8. The number of rotatable bonds is 4. The quantitative estimate of drug-likeness (QED) is 0.853. The molecule has 3 aliphatic rings. The molecule has 0 spiro atoms. The van der Waals surface area contributed by atoms with Crippen LogP contribution in [-0.4, -0.2) is 53.4 Å². The number of aromatic nitrogens is 2. The summed E-state index contributed by atoms with van der Waals surface area (Å²) >= 11 is 0. The molecule has 1 saturated carbocycles. The highest BCUT2D eigenvalue weighted by atomic mass is 16.6. The summed E-state index contributed by atoms with van der Waals surface area (Å²) in [5.41, 5.74) is 0.957. The molecule has 1 aromatic heterocycles. The van der Waals surface area contributed by atoms with Crippen LogP contribution in [0.25, 0.3) is 0 Å². The number of amides is 1. The maximum Gasteiger partial charge on any atom is 0.223 e. The maximum absolute atomic E-state index is 12.0. The minimum absolute atomic E-state index is 0.0111. The Morgan fingerprint density at radius 3 is 2.52 bits per heavy atom. The lowest BCUT2D eigenvalue weighted by molar-refractivity contribution is -0.123. The van der Waals surface area contributed by atoms with Gasteiger partial charge < -0.3 is 20.1 Å². The zero-order chi connectivity index (χ0) is 17.6. The fourth-order valence-electron chi connectivity index (χ4n) is 3.40. The van der Waals surface area contributed by atoms with Crippen LogP contribution in [0.5, 0.6) is 0 Å². The van der Waals surface area contributed by atoms with E-state index in [4.69, 9.17) is 9.47 Å². The Labute approximate surface area is 147 Å². The molecule has 4 rings (SSSR count). The first-order chi connectivity index (χ1) is 11.9. The van der Waals surface area contributed by atoms with Crippen LogP contribution in [0.15, 0.2) is 12.3 Å². The minimum Gasteiger partial charge on any atom is -0.371 e. The van der Waals surface area contributed by atoms with Crippen LogP contribution in [0.3, 0.4) is 0 Å². The third kappa shape index (κ3) is 3.48. The van der Waals surface area contributed by atoms with Gasteiger partial charge in [0, 0.05) is 17.5 Å². The largest absolute Gasteiger partial charge is 0.371 e. The van der Waals surface area contributed by atoms with Gasteiger partial charge in [-0.1, -0.05) is 20.8 Å². The van der Waals surface area contributed by atoms with Crippen LogP contribution in [0.4, 0.5) is 5.95 Å². The highest BCUT2D eigenvalue weighted by Crippen LogP contribution is 2.32. The van der Waals surface area contributed by atoms with Crippen molar-refractivity contribution in [1.82, 2.24) is 15.3 Å². The molecule has 7 nitrogen and oxygen atoms in total. The monoisotopic (exact) mass is 346 g/mol. The van der Waals surface area contributed by atoms with E-state index in [9.17, 15) is 4.79 Å². The molecule has 4 atom stereocenters. The van der Waals surface area contributed by atoms with Crippen LogP contribution < -0.4 is 10.6 Å². The third-order valence-corrected chi connectivity index (χ3v) is 5.07. The highest BCUT2D eigenvalue weighted by Gasteiger charge is 2.49. The topological polar surface area (TPSA) is 85.4 Å². The van der Waals surface area contributed by atoms with Gasteiger partial charge in [-0.05, 0) is 18.9 Å². The van der Waals surface area contributed by atoms with Crippen molar-refractivity contribution in [1.29, 1.82) is 0 Å². The first-order valence-corrected chi connectivity index (χ1v) is 9.05. The van der Waals surface area contributed by atoms with E-state index in [0.717, 1.165) is 18.5 Å². The van der Waals surface area contributed by atoms with Gasteiger partial charge in [0.15, 0.2) is 0 Å². The van der Waals surface area contributed by atoms with Crippen molar-refractivity contribution in [2.45, 2.75) is 63.3 Å². The third-order valence-electron chi connectivity index (χ3n) is 5.07.